The zero-order valence-electron chi connectivity index (χ0n) is 9.56. The van der Waals surface area contributed by atoms with Crippen molar-refractivity contribution in [1.29, 1.82) is 0 Å². The highest BCUT2D eigenvalue weighted by atomic mass is 15.2. The summed E-state index contributed by atoms with van der Waals surface area (Å²) in [4.78, 5) is 4.46. The third-order valence-electron chi connectivity index (χ3n) is 3.03. The Morgan fingerprint density at radius 3 is 2.65 bits per heavy atom. The van der Waals surface area contributed by atoms with Crippen molar-refractivity contribution in [3.05, 3.63) is 24.3 Å². The Kier molecular flexibility index (Phi) is 2.83. The molecular formula is C12H15N5. The summed E-state index contributed by atoms with van der Waals surface area (Å²) in [5.74, 6) is 0.635. The number of benzene rings is 1. The molecule has 88 valence electrons. The fourth-order valence-corrected chi connectivity index (χ4v) is 2.09. The minimum absolute atomic E-state index is 0.458. The number of para-hydroxylation sites is 1. The highest BCUT2D eigenvalue weighted by Crippen LogP contribution is 2.12. The molecule has 3 rings (SSSR count). The molecule has 1 saturated heterocycles. The average Bonchev–Trinajstić information content (AvgIpc) is 2.40. The molecule has 2 N–H and O–H groups in total. The normalized spacial score (nSPS) is 17.2. The Hall–Kier alpha value is -1.75. The van der Waals surface area contributed by atoms with E-state index in [9.17, 15) is 0 Å². The zero-order chi connectivity index (χ0) is 11.5. The summed E-state index contributed by atoms with van der Waals surface area (Å²) in [7, 11) is 0. The molecule has 1 fully saturated rings. The van der Waals surface area contributed by atoms with Gasteiger partial charge in [-0.05, 0) is 38.1 Å². The first-order valence-corrected chi connectivity index (χ1v) is 5.98. The molecule has 5 heteroatoms. The molecular weight excluding hydrogens is 214 g/mol. The topological polar surface area (TPSA) is 62.7 Å². The van der Waals surface area contributed by atoms with Gasteiger partial charge in [0, 0.05) is 6.04 Å². The third-order valence-corrected chi connectivity index (χ3v) is 3.03. The van der Waals surface area contributed by atoms with Crippen molar-refractivity contribution < 1.29 is 0 Å². The van der Waals surface area contributed by atoms with Crippen LogP contribution in [0.4, 0.5) is 5.95 Å². The largest absolute Gasteiger partial charge is 0.350 e. The molecule has 0 radical (unpaired) electrons. The molecule has 0 saturated carbocycles. The number of aromatic nitrogens is 3. The van der Waals surface area contributed by atoms with Crippen LogP contribution >= 0.6 is 0 Å². The Bertz CT molecular complexity index is 507. The third kappa shape index (κ3) is 2.34. The number of nitrogens with zero attached hydrogens (tertiary/aromatic N) is 3. The number of hydrogen-bond acceptors (Lipinski definition) is 5. The minimum Gasteiger partial charge on any atom is -0.350 e. The Labute approximate surface area is 99.7 Å². The Balaban J connectivity index is 1.80. The van der Waals surface area contributed by atoms with Crippen molar-refractivity contribution in [1.82, 2.24) is 20.5 Å². The van der Waals surface area contributed by atoms with Crippen LogP contribution in [-0.2, 0) is 0 Å². The van der Waals surface area contributed by atoms with Crippen LogP contribution in [-0.4, -0.2) is 34.3 Å². The van der Waals surface area contributed by atoms with E-state index < -0.39 is 0 Å². The molecule has 2 heterocycles. The number of anilines is 1. The number of fused-ring (bicyclic) bond motifs is 1. The fourth-order valence-electron chi connectivity index (χ4n) is 2.09. The van der Waals surface area contributed by atoms with E-state index in [0.717, 1.165) is 37.0 Å². The fraction of sp³-hybridized carbons (Fsp3) is 0.417. The molecule has 1 aliphatic heterocycles. The molecule has 0 atom stereocenters. The van der Waals surface area contributed by atoms with Crippen LogP contribution in [0.1, 0.15) is 12.8 Å². The molecule has 5 nitrogen and oxygen atoms in total. The lowest BCUT2D eigenvalue weighted by molar-refractivity contribution is 0.477. The highest BCUT2D eigenvalue weighted by molar-refractivity contribution is 5.74. The maximum Gasteiger partial charge on any atom is 0.243 e. The van der Waals surface area contributed by atoms with Crippen LogP contribution in [0.5, 0.6) is 0 Å². The highest BCUT2D eigenvalue weighted by Gasteiger charge is 2.13. The lowest BCUT2D eigenvalue weighted by Gasteiger charge is -2.23. The Morgan fingerprint density at radius 2 is 1.82 bits per heavy atom. The van der Waals surface area contributed by atoms with Crippen LogP contribution in [0.2, 0.25) is 0 Å². The van der Waals surface area contributed by atoms with Crippen molar-refractivity contribution in [3.63, 3.8) is 0 Å². The number of nitrogens with one attached hydrogen (secondary N) is 2. The summed E-state index contributed by atoms with van der Waals surface area (Å²) in [5, 5.41) is 14.9. The number of piperidine rings is 1. The summed E-state index contributed by atoms with van der Waals surface area (Å²) >= 11 is 0. The van der Waals surface area contributed by atoms with E-state index in [1.54, 1.807) is 0 Å². The van der Waals surface area contributed by atoms with E-state index in [1.165, 1.54) is 0 Å². The molecule has 0 amide bonds. The van der Waals surface area contributed by atoms with E-state index in [0.29, 0.717) is 12.0 Å². The molecule has 0 aliphatic carbocycles. The second-order valence-corrected chi connectivity index (χ2v) is 4.29. The van der Waals surface area contributed by atoms with Gasteiger partial charge in [0.1, 0.15) is 5.52 Å². The molecule has 0 bridgehead atoms. The summed E-state index contributed by atoms with van der Waals surface area (Å²) in [6.07, 6.45) is 2.21. The van der Waals surface area contributed by atoms with E-state index in [-0.39, 0.29) is 0 Å². The van der Waals surface area contributed by atoms with Gasteiger partial charge in [-0.1, -0.05) is 12.1 Å². The van der Waals surface area contributed by atoms with Gasteiger partial charge >= 0.3 is 0 Å². The van der Waals surface area contributed by atoms with Crippen molar-refractivity contribution in [3.8, 4) is 0 Å². The van der Waals surface area contributed by atoms with Gasteiger partial charge in [-0.3, -0.25) is 0 Å². The van der Waals surface area contributed by atoms with Gasteiger partial charge < -0.3 is 10.6 Å². The predicted octanol–water partition coefficient (Wildman–Crippen LogP) is 1.19. The van der Waals surface area contributed by atoms with Crippen LogP contribution in [0, 0.1) is 0 Å². The molecule has 0 unspecified atom stereocenters. The van der Waals surface area contributed by atoms with E-state index in [1.807, 2.05) is 24.3 Å². The summed E-state index contributed by atoms with van der Waals surface area (Å²) in [6.45, 7) is 2.11. The smallest absolute Gasteiger partial charge is 0.243 e. The SMILES string of the molecule is c1ccc2nc(NC3CCNCC3)nnc2c1. The molecule has 17 heavy (non-hydrogen) atoms. The standard InChI is InChI=1S/C12H15N5/c1-2-4-11-10(3-1)15-12(17-16-11)14-9-5-7-13-8-6-9/h1-4,9,13H,5-8H2,(H,14,15,17). The maximum atomic E-state index is 4.46. The lowest BCUT2D eigenvalue weighted by Crippen LogP contribution is -2.35. The lowest BCUT2D eigenvalue weighted by atomic mass is 10.1. The first kappa shape index (κ1) is 10.4. The molecule has 1 aliphatic rings. The van der Waals surface area contributed by atoms with Gasteiger partial charge in [0.2, 0.25) is 5.95 Å². The van der Waals surface area contributed by atoms with Gasteiger partial charge in [0.15, 0.2) is 0 Å². The molecule has 1 aromatic heterocycles. The Morgan fingerprint density at radius 1 is 1.06 bits per heavy atom. The minimum atomic E-state index is 0.458. The average molecular weight is 229 g/mol. The van der Waals surface area contributed by atoms with Crippen molar-refractivity contribution in [2.75, 3.05) is 18.4 Å². The van der Waals surface area contributed by atoms with Crippen molar-refractivity contribution in [2.45, 2.75) is 18.9 Å². The van der Waals surface area contributed by atoms with Gasteiger partial charge in [-0.25, -0.2) is 4.98 Å². The zero-order valence-corrected chi connectivity index (χ0v) is 9.56. The summed E-state index contributed by atoms with van der Waals surface area (Å²) in [5.41, 5.74) is 1.72. The van der Waals surface area contributed by atoms with Crippen LogP contribution in [0.15, 0.2) is 24.3 Å². The van der Waals surface area contributed by atoms with E-state index in [4.69, 9.17) is 0 Å². The summed E-state index contributed by atoms with van der Waals surface area (Å²) < 4.78 is 0. The quantitative estimate of drug-likeness (QED) is 0.810. The van der Waals surface area contributed by atoms with Gasteiger partial charge in [-0.15, -0.1) is 10.2 Å². The second-order valence-electron chi connectivity index (χ2n) is 4.29. The van der Waals surface area contributed by atoms with Crippen LogP contribution in [0.3, 0.4) is 0 Å². The van der Waals surface area contributed by atoms with Gasteiger partial charge in [0.05, 0.1) is 5.52 Å². The predicted molar refractivity (Wildman–Crippen MR) is 66.8 cm³/mol. The van der Waals surface area contributed by atoms with Gasteiger partial charge in [-0.2, -0.15) is 0 Å². The first-order valence-electron chi connectivity index (χ1n) is 5.98. The van der Waals surface area contributed by atoms with Gasteiger partial charge in [0.25, 0.3) is 0 Å². The summed E-state index contributed by atoms with van der Waals surface area (Å²) in [6, 6.07) is 8.24. The molecule has 0 spiro atoms. The second kappa shape index (κ2) is 4.63. The molecule has 2 aromatic rings. The van der Waals surface area contributed by atoms with Crippen molar-refractivity contribution >= 4 is 17.0 Å². The number of hydrogen-bond donors (Lipinski definition) is 2. The first-order chi connectivity index (χ1) is 8.42. The van der Waals surface area contributed by atoms with E-state index in [2.05, 4.69) is 25.8 Å². The monoisotopic (exact) mass is 229 g/mol. The molecule has 1 aromatic carbocycles. The van der Waals surface area contributed by atoms with E-state index >= 15 is 0 Å². The van der Waals surface area contributed by atoms with Crippen LogP contribution < -0.4 is 10.6 Å². The van der Waals surface area contributed by atoms with Crippen LogP contribution in [0.25, 0.3) is 11.0 Å². The number of rotatable bonds is 2. The van der Waals surface area contributed by atoms with Crippen molar-refractivity contribution in [2.24, 2.45) is 0 Å². The maximum absolute atomic E-state index is 4.46.